The Hall–Kier alpha value is -3.95. The van der Waals surface area contributed by atoms with Gasteiger partial charge in [-0.25, -0.2) is 4.57 Å². The molecular weight excluding hydrogens is 423 g/mol. The van der Waals surface area contributed by atoms with Gasteiger partial charge in [-0.2, -0.15) is 0 Å². The highest BCUT2D eigenvalue weighted by Crippen LogP contribution is 2.51. The molecule has 2 N–H and O–H groups in total. The molecule has 0 bridgehead atoms. The minimum atomic E-state index is -3.92. The predicted molar refractivity (Wildman–Crippen MR) is 126 cm³/mol. The minimum Gasteiger partial charge on any atom is -0.507 e. The first-order chi connectivity index (χ1) is 15.5. The summed E-state index contributed by atoms with van der Waals surface area (Å²) in [6.45, 7) is 0. The fraction of sp³-hybridized carbons (Fsp3) is 0. The second kappa shape index (κ2) is 7.95. The van der Waals surface area contributed by atoms with Crippen LogP contribution < -0.4 is 14.4 Å². The molecule has 0 amide bonds. The molecule has 0 spiro atoms. The average Bonchev–Trinajstić information content (AvgIpc) is 2.81. The Morgan fingerprint density at radius 1 is 0.500 bits per heavy atom. The van der Waals surface area contributed by atoms with E-state index in [-0.39, 0.29) is 11.5 Å². The SMILES string of the molecule is O=P(Oc1cccc2c(O)cccc12)(Oc1cccc2c(O)cccc12)c1ccccc1. The van der Waals surface area contributed by atoms with Crippen LogP contribution in [0.2, 0.25) is 0 Å². The molecule has 0 atom stereocenters. The van der Waals surface area contributed by atoms with Gasteiger partial charge in [-0.1, -0.05) is 66.7 Å². The van der Waals surface area contributed by atoms with Crippen LogP contribution in [0.1, 0.15) is 0 Å². The first-order valence-electron chi connectivity index (χ1n) is 10.0. The molecule has 0 heterocycles. The van der Waals surface area contributed by atoms with Crippen LogP contribution in [0.15, 0.2) is 103 Å². The van der Waals surface area contributed by atoms with Crippen molar-refractivity contribution in [3.8, 4) is 23.0 Å². The molecule has 0 aliphatic heterocycles. The van der Waals surface area contributed by atoms with E-state index in [0.29, 0.717) is 38.3 Å². The quantitative estimate of drug-likeness (QED) is 0.309. The highest BCUT2D eigenvalue weighted by atomic mass is 31.2. The van der Waals surface area contributed by atoms with Crippen molar-refractivity contribution < 1.29 is 23.8 Å². The molecule has 0 radical (unpaired) electrons. The number of aromatic hydroxyl groups is 2. The normalized spacial score (nSPS) is 11.5. The maximum Gasteiger partial charge on any atom is 0.462 e. The van der Waals surface area contributed by atoms with E-state index < -0.39 is 7.60 Å². The first-order valence-corrected chi connectivity index (χ1v) is 11.6. The number of phenolic OH excluding ortho intramolecular Hbond substituents is 2. The van der Waals surface area contributed by atoms with Crippen molar-refractivity contribution in [1.29, 1.82) is 0 Å². The van der Waals surface area contributed by atoms with Crippen molar-refractivity contribution in [2.75, 3.05) is 0 Å². The summed E-state index contributed by atoms with van der Waals surface area (Å²) in [4.78, 5) is 0. The molecule has 5 aromatic carbocycles. The summed E-state index contributed by atoms with van der Waals surface area (Å²) in [5, 5.41) is 23.2. The molecule has 5 aromatic rings. The Labute approximate surface area is 184 Å². The summed E-state index contributed by atoms with van der Waals surface area (Å²) in [7, 11) is -3.92. The summed E-state index contributed by atoms with van der Waals surface area (Å²) in [6, 6.07) is 29.2. The maximum atomic E-state index is 14.2. The van der Waals surface area contributed by atoms with Crippen molar-refractivity contribution in [2.45, 2.75) is 0 Å². The maximum absolute atomic E-state index is 14.2. The van der Waals surface area contributed by atoms with Gasteiger partial charge in [-0.15, -0.1) is 0 Å². The van der Waals surface area contributed by atoms with Crippen molar-refractivity contribution in [2.24, 2.45) is 0 Å². The zero-order valence-corrected chi connectivity index (χ0v) is 17.8. The molecule has 0 aliphatic rings. The summed E-state index contributed by atoms with van der Waals surface area (Å²) < 4.78 is 26.4. The van der Waals surface area contributed by atoms with Crippen molar-refractivity contribution in [3.63, 3.8) is 0 Å². The van der Waals surface area contributed by atoms with Gasteiger partial charge < -0.3 is 19.3 Å². The van der Waals surface area contributed by atoms with E-state index in [9.17, 15) is 14.8 Å². The van der Waals surface area contributed by atoms with E-state index in [4.69, 9.17) is 9.05 Å². The van der Waals surface area contributed by atoms with Gasteiger partial charge >= 0.3 is 7.60 Å². The lowest BCUT2D eigenvalue weighted by Gasteiger charge is -2.22. The smallest absolute Gasteiger partial charge is 0.462 e. The van der Waals surface area contributed by atoms with Gasteiger partial charge in [0.25, 0.3) is 0 Å². The number of phenols is 2. The Morgan fingerprint density at radius 3 is 1.44 bits per heavy atom. The van der Waals surface area contributed by atoms with Crippen LogP contribution in [0.3, 0.4) is 0 Å². The van der Waals surface area contributed by atoms with Crippen LogP contribution in [0.25, 0.3) is 21.5 Å². The fourth-order valence-corrected chi connectivity index (χ4v) is 5.30. The molecule has 5 nitrogen and oxygen atoms in total. The molecule has 0 aromatic heterocycles. The molecular formula is C26H19O5P. The summed E-state index contributed by atoms with van der Waals surface area (Å²) in [5.74, 6) is 0.864. The van der Waals surface area contributed by atoms with Gasteiger partial charge in [-0.3, -0.25) is 0 Å². The van der Waals surface area contributed by atoms with Crippen molar-refractivity contribution >= 4 is 34.4 Å². The van der Waals surface area contributed by atoms with Crippen LogP contribution in [0.5, 0.6) is 23.0 Å². The summed E-state index contributed by atoms with van der Waals surface area (Å²) >= 11 is 0. The molecule has 0 fully saturated rings. The lowest BCUT2D eigenvalue weighted by molar-refractivity contribution is 0.402. The predicted octanol–water partition coefficient (Wildman–Crippen LogP) is 6.38. The van der Waals surface area contributed by atoms with E-state index in [1.165, 1.54) is 0 Å². The minimum absolute atomic E-state index is 0.105. The van der Waals surface area contributed by atoms with E-state index in [1.54, 1.807) is 97.1 Å². The second-order valence-electron chi connectivity index (χ2n) is 7.27. The molecule has 5 rings (SSSR count). The van der Waals surface area contributed by atoms with Gasteiger partial charge in [-0.05, 0) is 36.4 Å². The average molecular weight is 442 g/mol. The number of rotatable bonds is 5. The number of fused-ring (bicyclic) bond motifs is 2. The standard InChI is InChI=1S/C26H19O5P/c27-23-14-4-12-21-19(23)10-6-16-25(21)30-32(29,18-8-2-1-3-9-18)31-26-17-7-11-20-22(26)13-5-15-24(20)28/h1-17,27-28H. The van der Waals surface area contributed by atoms with Crippen LogP contribution in [0, 0.1) is 0 Å². The lowest BCUT2D eigenvalue weighted by Crippen LogP contribution is -2.14. The first kappa shape index (κ1) is 20.0. The molecule has 0 aliphatic carbocycles. The zero-order chi connectivity index (χ0) is 22.1. The Bertz CT molecular complexity index is 1390. The van der Waals surface area contributed by atoms with E-state index in [2.05, 4.69) is 0 Å². The monoisotopic (exact) mass is 442 g/mol. The van der Waals surface area contributed by atoms with Crippen LogP contribution in [-0.4, -0.2) is 10.2 Å². The zero-order valence-electron chi connectivity index (χ0n) is 16.9. The van der Waals surface area contributed by atoms with Gasteiger partial charge in [0.1, 0.15) is 23.0 Å². The number of hydrogen-bond donors (Lipinski definition) is 2. The molecule has 0 saturated heterocycles. The van der Waals surface area contributed by atoms with Gasteiger partial charge in [0.05, 0.1) is 5.30 Å². The van der Waals surface area contributed by atoms with Gasteiger partial charge in [0, 0.05) is 21.5 Å². The van der Waals surface area contributed by atoms with Crippen LogP contribution in [0.4, 0.5) is 0 Å². The summed E-state index contributed by atoms with van der Waals surface area (Å²) in [6.07, 6.45) is 0. The Kier molecular flexibility index (Phi) is 4.96. The molecule has 0 unspecified atom stereocenters. The topological polar surface area (TPSA) is 76.0 Å². The van der Waals surface area contributed by atoms with E-state index >= 15 is 0 Å². The highest BCUT2D eigenvalue weighted by Gasteiger charge is 2.32. The summed E-state index contributed by atoms with van der Waals surface area (Å²) in [5.41, 5.74) is 0. The van der Waals surface area contributed by atoms with Crippen LogP contribution in [-0.2, 0) is 4.57 Å². The Balaban J connectivity index is 1.66. The number of hydrogen-bond acceptors (Lipinski definition) is 5. The van der Waals surface area contributed by atoms with E-state index in [1.807, 2.05) is 6.07 Å². The third-order valence-corrected chi connectivity index (χ3v) is 7.03. The molecule has 0 saturated carbocycles. The van der Waals surface area contributed by atoms with Crippen LogP contribution >= 0.6 is 7.60 Å². The van der Waals surface area contributed by atoms with Crippen molar-refractivity contribution in [3.05, 3.63) is 103 Å². The van der Waals surface area contributed by atoms with Gasteiger partial charge in [0.2, 0.25) is 0 Å². The largest absolute Gasteiger partial charge is 0.507 e. The second-order valence-corrected chi connectivity index (χ2v) is 9.15. The molecule has 32 heavy (non-hydrogen) atoms. The van der Waals surface area contributed by atoms with Gasteiger partial charge in [0.15, 0.2) is 0 Å². The number of benzene rings is 5. The third-order valence-electron chi connectivity index (χ3n) is 5.23. The van der Waals surface area contributed by atoms with E-state index in [0.717, 1.165) is 0 Å². The molecule has 158 valence electrons. The fourth-order valence-electron chi connectivity index (χ4n) is 3.68. The third kappa shape index (κ3) is 3.53. The Morgan fingerprint density at radius 2 is 0.938 bits per heavy atom. The highest BCUT2D eigenvalue weighted by molar-refractivity contribution is 7.63. The lowest BCUT2D eigenvalue weighted by atomic mass is 10.1. The van der Waals surface area contributed by atoms with Crippen molar-refractivity contribution in [1.82, 2.24) is 0 Å². The molecule has 6 heteroatoms.